The van der Waals surface area contributed by atoms with Gasteiger partial charge in [-0.2, -0.15) is 0 Å². The topological polar surface area (TPSA) is 66.3 Å². The van der Waals surface area contributed by atoms with E-state index in [2.05, 4.69) is 28.7 Å². The van der Waals surface area contributed by atoms with Crippen LogP contribution in [-0.4, -0.2) is 34.1 Å². The zero-order valence-corrected chi connectivity index (χ0v) is 12.5. The van der Waals surface area contributed by atoms with Crippen molar-refractivity contribution in [2.24, 2.45) is 5.92 Å². The van der Waals surface area contributed by atoms with Gasteiger partial charge in [-0.15, -0.1) is 0 Å². The quantitative estimate of drug-likeness (QED) is 0.914. The molecule has 0 aromatic carbocycles. The maximum Gasteiger partial charge on any atom is 0.306 e. The number of rotatable bonds is 4. The Labute approximate surface area is 120 Å². The standard InChI is InChI=1S/C15H23N3O2/c1-4-12-10(3)16-13(5-2)17-14(12)18-8-6-11(7-9-18)15(19)20/h11H,4-9H2,1-3H3,(H,19,20). The molecule has 1 fully saturated rings. The van der Waals surface area contributed by atoms with Gasteiger partial charge in [-0.05, 0) is 26.2 Å². The predicted octanol–water partition coefficient (Wildman–Crippen LogP) is 2.21. The number of hydrogen-bond donors (Lipinski definition) is 1. The minimum Gasteiger partial charge on any atom is -0.481 e. The Bertz CT molecular complexity index is 494. The van der Waals surface area contributed by atoms with Crippen molar-refractivity contribution in [3.8, 4) is 0 Å². The van der Waals surface area contributed by atoms with Crippen molar-refractivity contribution in [3.63, 3.8) is 0 Å². The van der Waals surface area contributed by atoms with Crippen molar-refractivity contribution in [1.82, 2.24) is 9.97 Å². The molecule has 0 aliphatic carbocycles. The number of hydrogen-bond acceptors (Lipinski definition) is 4. The van der Waals surface area contributed by atoms with Crippen molar-refractivity contribution >= 4 is 11.8 Å². The Morgan fingerprint density at radius 2 is 1.90 bits per heavy atom. The number of nitrogens with zero attached hydrogens (tertiary/aromatic N) is 3. The third-order valence-electron chi connectivity index (χ3n) is 4.05. The van der Waals surface area contributed by atoms with Crippen LogP contribution in [0.3, 0.4) is 0 Å². The van der Waals surface area contributed by atoms with Crippen molar-refractivity contribution in [2.75, 3.05) is 18.0 Å². The largest absolute Gasteiger partial charge is 0.481 e. The molecule has 110 valence electrons. The maximum absolute atomic E-state index is 11.0. The van der Waals surface area contributed by atoms with E-state index in [-0.39, 0.29) is 5.92 Å². The van der Waals surface area contributed by atoms with E-state index in [4.69, 9.17) is 5.11 Å². The van der Waals surface area contributed by atoms with Crippen LogP contribution in [0.25, 0.3) is 0 Å². The first kappa shape index (κ1) is 14.8. The Kier molecular flexibility index (Phi) is 4.57. The van der Waals surface area contributed by atoms with Gasteiger partial charge < -0.3 is 10.0 Å². The number of carboxylic acid groups (broad SMARTS) is 1. The molecule has 0 spiro atoms. The molecule has 5 heteroatoms. The normalized spacial score (nSPS) is 16.4. The number of aromatic nitrogens is 2. The first-order valence-electron chi connectivity index (χ1n) is 7.40. The lowest BCUT2D eigenvalue weighted by atomic mass is 9.96. The molecule has 5 nitrogen and oxygen atoms in total. The van der Waals surface area contributed by atoms with Gasteiger partial charge in [0.25, 0.3) is 0 Å². The average Bonchev–Trinajstić information content (AvgIpc) is 2.46. The molecule has 1 aliphatic rings. The van der Waals surface area contributed by atoms with Gasteiger partial charge in [-0.3, -0.25) is 4.79 Å². The highest BCUT2D eigenvalue weighted by atomic mass is 16.4. The van der Waals surface area contributed by atoms with Crippen LogP contribution in [0.2, 0.25) is 0 Å². The van der Waals surface area contributed by atoms with Gasteiger partial charge in [0.1, 0.15) is 11.6 Å². The fourth-order valence-electron chi connectivity index (χ4n) is 2.81. The zero-order chi connectivity index (χ0) is 14.7. The second-order valence-corrected chi connectivity index (χ2v) is 5.33. The van der Waals surface area contributed by atoms with Crippen molar-refractivity contribution < 1.29 is 9.90 Å². The van der Waals surface area contributed by atoms with Crippen LogP contribution in [0.5, 0.6) is 0 Å². The lowest BCUT2D eigenvalue weighted by Gasteiger charge is -2.32. The highest BCUT2D eigenvalue weighted by Crippen LogP contribution is 2.26. The minimum absolute atomic E-state index is 0.204. The van der Waals surface area contributed by atoms with Crippen molar-refractivity contribution in [3.05, 3.63) is 17.1 Å². The summed E-state index contributed by atoms with van der Waals surface area (Å²) in [4.78, 5) is 22.5. The average molecular weight is 277 g/mol. The molecule has 0 atom stereocenters. The molecule has 1 aromatic rings. The van der Waals surface area contributed by atoms with E-state index in [0.717, 1.165) is 43.3 Å². The molecule has 0 bridgehead atoms. The van der Waals surface area contributed by atoms with Crippen LogP contribution in [0.1, 0.15) is 43.8 Å². The summed E-state index contributed by atoms with van der Waals surface area (Å²) in [5.74, 6) is 1.01. The van der Waals surface area contributed by atoms with Crippen LogP contribution < -0.4 is 4.90 Å². The van der Waals surface area contributed by atoms with Gasteiger partial charge in [0, 0.05) is 30.8 Å². The molecule has 0 unspecified atom stereocenters. The lowest BCUT2D eigenvalue weighted by Crippen LogP contribution is -2.37. The number of carboxylic acids is 1. The van der Waals surface area contributed by atoms with E-state index in [1.54, 1.807) is 0 Å². The Morgan fingerprint density at radius 1 is 1.25 bits per heavy atom. The van der Waals surface area contributed by atoms with E-state index in [1.165, 1.54) is 5.56 Å². The fourth-order valence-corrected chi connectivity index (χ4v) is 2.81. The van der Waals surface area contributed by atoms with E-state index in [0.29, 0.717) is 12.8 Å². The molecule has 0 amide bonds. The summed E-state index contributed by atoms with van der Waals surface area (Å²) in [5.41, 5.74) is 2.24. The van der Waals surface area contributed by atoms with Gasteiger partial charge in [0.05, 0.1) is 5.92 Å². The van der Waals surface area contributed by atoms with Gasteiger partial charge in [0.15, 0.2) is 0 Å². The highest BCUT2D eigenvalue weighted by molar-refractivity contribution is 5.70. The highest BCUT2D eigenvalue weighted by Gasteiger charge is 2.26. The minimum atomic E-state index is -0.673. The van der Waals surface area contributed by atoms with Crippen LogP contribution in [0.4, 0.5) is 5.82 Å². The van der Waals surface area contributed by atoms with Crippen LogP contribution in [-0.2, 0) is 17.6 Å². The monoisotopic (exact) mass is 277 g/mol. The molecular formula is C15H23N3O2. The molecule has 0 radical (unpaired) electrons. The number of anilines is 1. The number of piperidine rings is 1. The summed E-state index contributed by atoms with van der Waals surface area (Å²) in [7, 11) is 0. The Morgan fingerprint density at radius 3 is 2.40 bits per heavy atom. The molecule has 1 saturated heterocycles. The van der Waals surface area contributed by atoms with E-state index < -0.39 is 5.97 Å². The van der Waals surface area contributed by atoms with Crippen LogP contribution in [0.15, 0.2) is 0 Å². The summed E-state index contributed by atoms with van der Waals surface area (Å²) in [6.07, 6.45) is 3.12. The lowest BCUT2D eigenvalue weighted by molar-refractivity contribution is -0.142. The predicted molar refractivity (Wildman–Crippen MR) is 78.1 cm³/mol. The van der Waals surface area contributed by atoms with E-state index in [1.807, 2.05) is 6.92 Å². The second kappa shape index (κ2) is 6.20. The molecule has 0 saturated carbocycles. The van der Waals surface area contributed by atoms with Crippen LogP contribution >= 0.6 is 0 Å². The number of aliphatic carboxylic acids is 1. The van der Waals surface area contributed by atoms with E-state index in [9.17, 15) is 4.79 Å². The van der Waals surface area contributed by atoms with Gasteiger partial charge in [-0.1, -0.05) is 13.8 Å². The fraction of sp³-hybridized carbons (Fsp3) is 0.667. The van der Waals surface area contributed by atoms with Crippen LogP contribution in [0, 0.1) is 12.8 Å². The summed E-state index contributed by atoms with van der Waals surface area (Å²) >= 11 is 0. The maximum atomic E-state index is 11.0. The first-order valence-corrected chi connectivity index (χ1v) is 7.40. The summed E-state index contributed by atoms with van der Waals surface area (Å²) in [6, 6.07) is 0. The molecule has 1 aromatic heterocycles. The van der Waals surface area contributed by atoms with Gasteiger partial charge in [0.2, 0.25) is 0 Å². The summed E-state index contributed by atoms with van der Waals surface area (Å²) in [5, 5.41) is 9.08. The van der Waals surface area contributed by atoms with Crippen molar-refractivity contribution in [1.29, 1.82) is 0 Å². The molecule has 2 rings (SSSR count). The summed E-state index contributed by atoms with van der Waals surface area (Å²) in [6.45, 7) is 7.74. The Balaban J connectivity index is 2.24. The van der Waals surface area contributed by atoms with Gasteiger partial charge >= 0.3 is 5.97 Å². The smallest absolute Gasteiger partial charge is 0.306 e. The number of aryl methyl sites for hydroxylation is 2. The first-order chi connectivity index (χ1) is 9.56. The Hall–Kier alpha value is -1.65. The SMILES string of the molecule is CCc1nc(C)c(CC)c(N2CCC(C(=O)O)CC2)n1. The number of carbonyl (C=O) groups is 1. The third-order valence-corrected chi connectivity index (χ3v) is 4.05. The molecular weight excluding hydrogens is 254 g/mol. The second-order valence-electron chi connectivity index (χ2n) is 5.33. The van der Waals surface area contributed by atoms with Crippen molar-refractivity contribution in [2.45, 2.75) is 46.5 Å². The zero-order valence-electron chi connectivity index (χ0n) is 12.5. The molecule has 2 heterocycles. The van der Waals surface area contributed by atoms with E-state index >= 15 is 0 Å². The molecule has 1 N–H and O–H groups in total. The summed E-state index contributed by atoms with van der Waals surface area (Å²) < 4.78 is 0. The van der Waals surface area contributed by atoms with Gasteiger partial charge in [-0.25, -0.2) is 9.97 Å². The third kappa shape index (κ3) is 2.92. The molecule has 20 heavy (non-hydrogen) atoms. The molecule has 1 aliphatic heterocycles.